The molecule has 1 aliphatic carbocycles. The largest absolute Gasteiger partial charge is 0.493 e. The lowest BCUT2D eigenvalue weighted by atomic mass is 9.82. The maximum atomic E-state index is 5.76. The lowest BCUT2D eigenvalue weighted by Crippen LogP contribution is -2.17. The van der Waals surface area contributed by atoms with Gasteiger partial charge in [-0.1, -0.05) is 13.0 Å². The molecule has 0 N–H and O–H groups in total. The van der Waals surface area contributed by atoms with Gasteiger partial charge in [0.1, 0.15) is 5.75 Å². The third kappa shape index (κ3) is 1.45. The summed E-state index contributed by atoms with van der Waals surface area (Å²) in [5.41, 5.74) is 4.72. The van der Waals surface area contributed by atoms with Crippen LogP contribution in [-0.2, 0) is 12.8 Å². The van der Waals surface area contributed by atoms with Crippen molar-refractivity contribution in [2.45, 2.75) is 44.9 Å². The molecule has 1 atom stereocenters. The predicted molar refractivity (Wildman–Crippen MR) is 61.6 cm³/mol. The summed E-state index contributed by atoms with van der Waals surface area (Å²) in [5.74, 6) is 1.86. The molecular formula is C14H18O. The van der Waals surface area contributed by atoms with Crippen LogP contribution in [-0.4, -0.2) is 6.61 Å². The maximum absolute atomic E-state index is 5.76. The summed E-state index contributed by atoms with van der Waals surface area (Å²) in [4.78, 5) is 0. The number of aryl methyl sites for hydroxylation is 1. The lowest BCUT2D eigenvalue weighted by molar-refractivity contribution is 0.270. The zero-order valence-corrected chi connectivity index (χ0v) is 9.38. The molecule has 80 valence electrons. The van der Waals surface area contributed by atoms with E-state index < -0.39 is 0 Å². The predicted octanol–water partition coefficient (Wildman–Crippen LogP) is 3.45. The van der Waals surface area contributed by atoms with Crippen LogP contribution in [0.25, 0.3) is 0 Å². The molecule has 0 aromatic heterocycles. The van der Waals surface area contributed by atoms with E-state index >= 15 is 0 Å². The molecule has 0 amide bonds. The molecule has 1 nitrogen and oxygen atoms in total. The van der Waals surface area contributed by atoms with E-state index in [2.05, 4.69) is 19.1 Å². The Balaban J connectivity index is 2.15. The summed E-state index contributed by atoms with van der Waals surface area (Å²) in [6.07, 6.45) is 6.45. The van der Waals surface area contributed by atoms with Gasteiger partial charge < -0.3 is 4.74 Å². The minimum absolute atomic E-state index is 0.696. The van der Waals surface area contributed by atoms with Crippen LogP contribution in [0.3, 0.4) is 0 Å². The molecule has 1 aromatic rings. The molecule has 0 saturated heterocycles. The van der Waals surface area contributed by atoms with Gasteiger partial charge in [0.2, 0.25) is 0 Å². The summed E-state index contributed by atoms with van der Waals surface area (Å²) >= 11 is 0. The standard InChI is InChI=1S/C14H18O/c1-10-8-9-15-13-7-6-11-4-2-3-5-12(11)14(10)13/h6-7,10H,2-5,8-9H2,1H3. The molecular weight excluding hydrogens is 184 g/mol. The van der Waals surface area contributed by atoms with Crippen LogP contribution in [0.2, 0.25) is 0 Å². The van der Waals surface area contributed by atoms with E-state index in [0.717, 1.165) is 12.4 Å². The third-order valence-electron chi connectivity index (χ3n) is 3.84. The second-order valence-electron chi connectivity index (χ2n) is 4.86. The van der Waals surface area contributed by atoms with E-state index in [1.54, 1.807) is 11.1 Å². The van der Waals surface area contributed by atoms with Crippen LogP contribution in [0.4, 0.5) is 0 Å². The Hall–Kier alpha value is -0.980. The lowest BCUT2D eigenvalue weighted by Gasteiger charge is -2.29. The molecule has 1 aliphatic heterocycles. The van der Waals surface area contributed by atoms with Crippen molar-refractivity contribution in [2.75, 3.05) is 6.61 Å². The number of ether oxygens (including phenoxy) is 1. The third-order valence-corrected chi connectivity index (χ3v) is 3.84. The highest BCUT2D eigenvalue weighted by Crippen LogP contribution is 2.39. The SMILES string of the molecule is CC1CCOc2ccc3c(c21)CCCC3. The Morgan fingerprint density at radius 1 is 1.20 bits per heavy atom. The Labute approximate surface area is 91.5 Å². The molecule has 1 unspecified atom stereocenters. The second kappa shape index (κ2) is 3.55. The Morgan fingerprint density at radius 2 is 2.07 bits per heavy atom. The number of hydrogen-bond donors (Lipinski definition) is 0. The molecule has 1 aromatic carbocycles. The van der Waals surface area contributed by atoms with Crippen LogP contribution in [0.1, 0.15) is 48.8 Å². The van der Waals surface area contributed by atoms with Crippen LogP contribution >= 0.6 is 0 Å². The second-order valence-corrected chi connectivity index (χ2v) is 4.86. The summed E-state index contributed by atoms with van der Waals surface area (Å²) < 4.78 is 5.76. The first-order valence-electron chi connectivity index (χ1n) is 6.13. The number of hydrogen-bond acceptors (Lipinski definition) is 1. The highest BCUT2D eigenvalue weighted by atomic mass is 16.5. The minimum atomic E-state index is 0.696. The van der Waals surface area contributed by atoms with Crippen molar-refractivity contribution >= 4 is 0 Å². The van der Waals surface area contributed by atoms with Crippen LogP contribution < -0.4 is 4.74 Å². The van der Waals surface area contributed by atoms with Crippen LogP contribution in [0, 0.1) is 0 Å². The smallest absolute Gasteiger partial charge is 0.123 e. The fraction of sp³-hybridized carbons (Fsp3) is 0.571. The Kier molecular flexibility index (Phi) is 2.19. The van der Waals surface area contributed by atoms with Gasteiger partial charge in [0.05, 0.1) is 6.61 Å². The van der Waals surface area contributed by atoms with Crippen molar-refractivity contribution in [3.05, 3.63) is 28.8 Å². The van der Waals surface area contributed by atoms with Gasteiger partial charge in [0.25, 0.3) is 0 Å². The first-order valence-corrected chi connectivity index (χ1v) is 6.13. The zero-order chi connectivity index (χ0) is 10.3. The normalized spacial score (nSPS) is 23.9. The van der Waals surface area contributed by atoms with Gasteiger partial charge in [-0.3, -0.25) is 0 Å². The van der Waals surface area contributed by atoms with E-state index in [4.69, 9.17) is 4.74 Å². The van der Waals surface area contributed by atoms with Crippen LogP contribution in [0.15, 0.2) is 12.1 Å². The molecule has 0 spiro atoms. The highest BCUT2D eigenvalue weighted by molar-refractivity contribution is 5.49. The van der Waals surface area contributed by atoms with E-state index in [1.807, 2.05) is 0 Å². The molecule has 1 heterocycles. The summed E-state index contributed by atoms with van der Waals surface area (Å²) in [6.45, 7) is 3.24. The fourth-order valence-corrected chi connectivity index (χ4v) is 2.99. The van der Waals surface area contributed by atoms with Crippen molar-refractivity contribution in [3.8, 4) is 5.75 Å². The molecule has 15 heavy (non-hydrogen) atoms. The van der Waals surface area contributed by atoms with E-state index in [9.17, 15) is 0 Å². The average molecular weight is 202 g/mol. The van der Waals surface area contributed by atoms with Gasteiger partial charge in [0.15, 0.2) is 0 Å². The highest BCUT2D eigenvalue weighted by Gasteiger charge is 2.24. The van der Waals surface area contributed by atoms with E-state index in [1.165, 1.54) is 37.7 Å². The van der Waals surface area contributed by atoms with Gasteiger partial charge in [-0.15, -0.1) is 0 Å². The quantitative estimate of drug-likeness (QED) is 0.626. The zero-order valence-electron chi connectivity index (χ0n) is 9.38. The van der Waals surface area contributed by atoms with Crippen molar-refractivity contribution < 1.29 is 4.74 Å². The maximum Gasteiger partial charge on any atom is 0.123 e. The van der Waals surface area contributed by atoms with Gasteiger partial charge in [0, 0.05) is 5.56 Å². The molecule has 0 radical (unpaired) electrons. The first kappa shape index (κ1) is 9.26. The molecule has 0 bridgehead atoms. The number of rotatable bonds is 0. The van der Waals surface area contributed by atoms with Crippen molar-refractivity contribution in [1.29, 1.82) is 0 Å². The molecule has 1 heteroatoms. The van der Waals surface area contributed by atoms with Gasteiger partial charge in [-0.25, -0.2) is 0 Å². The Morgan fingerprint density at radius 3 is 3.00 bits per heavy atom. The minimum Gasteiger partial charge on any atom is -0.493 e. The fourth-order valence-electron chi connectivity index (χ4n) is 2.99. The van der Waals surface area contributed by atoms with Gasteiger partial charge in [-0.05, 0) is 55.2 Å². The summed E-state index contributed by atoms with van der Waals surface area (Å²) in [5, 5.41) is 0. The van der Waals surface area contributed by atoms with E-state index in [-0.39, 0.29) is 0 Å². The van der Waals surface area contributed by atoms with Crippen LogP contribution in [0.5, 0.6) is 5.75 Å². The molecule has 0 saturated carbocycles. The molecule has 0 fully saturated rings. The van der Waals surface area contributed by atoms with Gasteiger partial charge in [-0.2, -0.15) is 0 Å². The van der Waals surface area contributed by atoms with Crippen molar-refractivity contribution in [2.24, 2.45) is 0 Å². The number of benzene rings is 1. The topological polar surface area (TPSA) is 9.23 Å². The molecule has 3 rings (SSSR count). The van der Waals surface area contributed by atoms with Crippen molar-refractivity contribution in [1.82, 2.24) is 0 Å². The first-order chi connectivity index (χ1) is 7.36. The van der Waals surface area contributed by atoms with Gasteiger partial charge >= 0.3 is 0 Å². The Bertz CT molecular complexity index is 381. The van der Waals surface area contributed by atoms with Crippen molar-refractivity contribution in [3.63, 3.8) is 0 Å². The summed E-state index contributed by atoms with van der Waals surface area (Å²) in [7, 11) is 0. The number of fused-ring (bicyclic) bond motifs is 3. The monoisotopic (exact) mass is 202 g/mol. The average Bonchev–Trinajstić information content (AvgIpc) is 2.29. The summed E-state index contributed by atoms with van der Waals surface area (Å²) in [6, 6.07) is 4.47. The van der Waals surface area contributed by atoms with E-state index in [0.29, 0.717) is 5.92 Å². The molecule has 2 aliphatic rings.